The highest BCUT2D eigenvalue weighted by Gasteiger charge is 2.22. The molecule has 1 heteroatoms. The van der Waals surface area contributed by atoms with Crippen molar-refractivity contribution >= 4 is 49.3 Å². The van der Waals surface area contributed by atoms with E-state index in [-0.39, 0.29) is 0 Å². The van der Waals surface area contributed by atoms with E-state index in [4.69, 9.17) is 0 Å². The van der Waals surface area contributed by atoms with Gasteiger partial charge in [-0.1, -0.05) is 133 Å². The molecule has 0 unspecified atom stereocenters. The Morgan fingerprint density at radius 1 is 0.442 bits per heavy atom. The smallest absolute Gasteiger partial charge is 0.0540 e. The molecule has 0 bridgehead atoms. The molecule has 202 valence electrons. The summed E-state index contributed by atoms with van der Waals surface area (Å²) in [6.45, 7) is 0. The summed E-state index contributed by atoms with van der Waals surface area (Å²) in [6, 6.07) is 51.2. The quantitative estimate of drug-likeness (QED) is 0.153. The predicted octanol–water partition coefficient (Wildman–Crippen LogP) is 11.4. The standard InChI is InChI=1S/C42H29N/c1-3-14-28(15-4-1)40-34-20-7-8-21-35(34)41(29-16-5-2-6-17-29)42-33-22-13-25-39(32(33)26-27-36(40)42)43-37-23-11-9-18-30(37)31-19-10-12-24-38(31)43/h1-9,11-18,20-27H,10,19H2. The van der Waals surface area contributed by atoms with Crippen molar-refractivity contribution < 1.29 is 0 Å². The van der Waals surface area contributed by atoms with Crippen molar-refractivity contribution in [1.82, 2.24) is 4.57 Å². The van der Waals surface area contributed by atoms with Crippen LogP contribution >= 0.6 is 0 Å². The lowest BCUT2D eigenvalue weighted by molar-refractivity contribution is 0.970. The first-order chi connectivity index (χ1) is 21.4. The van der Waals surface area contributed by atoms with E-state index in [2.05, 4.69) is 156 Å². The van der Waals surface area contributed by atoms with E-state index in [1.165, 1.54) is 82.4 Å². The SMILES string of the molecule is C1=Cc2c(c3ccccc3n2-c2cccc3c2ccc2c(-c4ccccc4)c4ccccc4c(-c4ccccc4)c23)CC1. The molecule has 0 radical (unpaired) electrons. The zero-order valence-electron chi connectivity index (χ0n) is 23.8. The van der Waals surface area contributed by atoms with Gasteiger partial charge in [-0.05, 0) is 85.8 Å². The molecule has 0 atom stereocenters. The maximum absolute atomic E-state index is 2.50. The Labute approximate surface area is 251 Å². The van der Waals surface area contributed by atoms with Crippen molar-refractivity contribution in [2.45, 2.75) is 12.8 Å². The first-order valence-corrected chi connectivity index (χ1v) is 15.2. The summed E-state index contributed by atoms with van der Waals surface area (Å²) >= 11 is 0. The van der Waals surface area contributed by atoms with E-state index in [1.54, 1.807) is 0 Å². The van der Waals surface area contributed by atoms with Crippen molar-refractivity contribution in [2.24, 2.45) is 0 Å². The topological polar surface area (TPSA) is 4.93 Å². The molecule has 0 N–H and O–H groups in total. The minimum absolute atomic E-state index is 1.08. The largest absolute Gasteiger partial charge is 0.309 e. The number of aryl methyl sites for hydroxylation is 1. The molecule has 8 aromatic rings. The van der Waals surface area contributed by atoms with Crippen LogP contribution in [0.1, 0.15) is 17.7 Å². The molecule has 1 heterocycles. The van der Waals surface area contributed by atoms with Crippen molar-refractivity contribution in [3.05, 3.63) is 157 Å². The average molecular weight is 548 g/mol. The molecular weight excluding hydrogens is 518 g/mol. The molecule has 0 saturated carbocycles. The van der Waals surface area contributed by atoms with Gasteiger partial charge in [-0.2, -0.15) is 0 Å². The fraction of sp³-hybridized carbons (Fsp3) is 0.0476. The number of nitrogens with zero attached hydrogens (tertiary/aromatic N) is 1. The second-order valence-corrected chi connectivity index (χ2v) is 11.5. The molecule has 7 aromatic carbocycles. The zero-order chi connectivity index (χ0) is 28.3. The van der Waals surface area contributed by atoms with Crippen molar-refractivity contribution in [2.75, 3.05) is 0 Å². The van der Waals surface area contributed by atoms with Gasteiger partial charge < -0.3 is 4.57 Å². The van der Waals surface area contributed by atoms with E-state index in [0.717, 1.165) is 12.8 Å². The number of para-hydroxylation sites is 1. The molecule has 0 fully saturated rings. The fourth-order valence-corrected chi connectivity index (χ4v) is 7.48. The lowest BCUT2D eigenvalue weighted by Crippen LogP contribution is -2.01. The first-order valence-electron chi connectivity index (χ1n) is 15.2. The summed E-state index contributed by atoms with van der Waals surface area (Å²) in [4.78, 5) is 0. The second-order valence-electron chi connectivity index (χ2n) is 11.5. The summed E-state index contributed by atoms with van der Waals surface area (Å²) < 4.78 is 2.50. The molecule has 1 nitrogen and oxygen atoms in total. The van der Waals surface area contributed by atoms with Crippen LogP contribution in [0.5, 0.6) is 0 Å². The van der Waals surface area contributed by atoms with Crippen LogP contribution in [0.25, 0.3) is 77.2 Å². The zero-order valence-corrected chi connectivity index (χ0v) is 23.8. The summed E-state index contributed by atoms with van der Waals surface area (Å²) in [5, 5.41) is 9.07. The Balaban J connectivity index is 1.48. The van der Waals surface area contributed by atoms with Gasteiger partial charge in [0.15, 0.2) is 0 Å². The molecular formula is C42H29N. The normalized spacial score (nSPS) is 12.8. The van der Waals surface area contributed by atoms with Gasteiger partial charge in [-0.15, -0.1) is 0 Å². The number of allylic oxidation sites excluding steroid dienone is 1. The van der Waals surface area contributed by atoms with E-state index >= 15 is 0 Å². The van der Waals surface area contributed by atoms with Crippen LogP contribution in [0.4, 0.5) is 0 Å². The van der Waals surface area contributed by atoms with Gasteiger partial charge in [-0.25, -0.2) is 0 Å². The number of benzene rings is 7. The van der Waals surface area contributed by atoms with E-state index in [0.29, 0.717) is 0 Å². The molecule has 1 aliphatic rings. The maximum Gasteiger partial charge on any atom is 0.0540 e. The highest BCUT2D eigenvalue weighted by atomic mass is 15.0. The molecule has 0 aliphatic heterocycles. The van der Waals surface area contributed by atoms with Crippen molar-refractivity contribution in [3.8, 4) is 27.9 Å². The Kier molecular flexibility index (Phi) is 5.39. The van der Waals surface area contributed by atoms with Crippen molar-refractivity contribution in [3.63, 3.8) is 0 Å². The summed E-state index contributed by atoms with van der Waals surface area (Å²) in [6.07, 6.45) is 6.83. The lowest BCUT2D eigenvalue weighted by Gasteiger charge is -2.21. The minimum atomic E-state index is 1.08. The molecule has 9 rings (SSSR count). The molecule has 43 heavy (non-hydrogen) atoms. The van der Waals surface area contributed by atoms with Crippen molar-refractivity contribution in [1.29, 1.82) is 0 Å². The average Bonchev–Trinajstić information content (AvgIpc) is 3.42. The number of hydrogen-bond donors (Lipinski definition) is 0. The minimum Gasteiger partial charge on any atom is -0.309 e. The number of aromatic nitrogens is 1. The van der Waals surface area contributed by atoms with Crippen LogP contribution in [0.2, 0.25) is 0 Å². The first kappa shape index (κ1) is 24.2. The summed E-state index contributed by atoms with van der Waals surface area (Å²) in [5.74, 6) is 0. The number of hydrogen-bond acceptors (Lipinski definition) is 0. The summed E-state index contributed by atoms with van der Waals surface area (Å²) in [5.41, 5.74) is 10.4. The van der Waals surface area contributed by atoms with Gasteiger partial charge in [0.2, 0.25) is 0 Å². The van der Waals surface area contributed by atoms with Gasteiger partial charge in [0, 0.05) is 16.5 Å². The lowest BCUT2D eigenvalue weighted by atomic mass is 9.84. The highest BCUT2D eigenvalue weighted by molar-refractivity contribution is 6.28. The third kappa shape index (κ3) is 3.58. The van der Waals surface area contributed by atoms with E-state index < -0.39 is 0 Å². The van der Waals surface area contributed by atoms with Gasteiger partial charge in [0.05, 0.1) is 11.2 Å². The van der Waals surface area contributed by atoms with Crippen LogP contribution < -0.4 is 0 Å². The fourth-order valence-electron chi connectivity index (χ4n) is 7.48. The number of rotatable bonds is 3. The molecule has 0 amide bonds. The third-order valence-corrected chi connectivity index (χ3v) is 9.25. The molecule has 0 spiro atoms. The second kappa shape index (κ2) is 9.58. The third-order valence-electron chi connectivity index (χ3n) is 9.25. The Morgan fingerprint density at radius 3 is 1.81 bits per heavy atom. The predicted molar refractivity (Wildman–Crippen MR) is 184 cm³/mol. The van der Waals surface area contributed by atoms with Gasteiger partial charge in [0.1, 0.15) is 0 Å². The van der Waals surface area contributed by atoms with Gasteiger partial charge >= 0.3 is 0 Å². The van der Waals surface area contributed by atoms with Crippen LogP contribution in [0.15, 0.2) is 146 Å². The van der Waals surface area contributed by atoms with E-state index in [9.17, 15) is 0 Å². The molecule has 1 aromatic heterocycles. The Bertz CT molecular complexity index is 2370. The van der Waals surface area contributed by atoms with Crippen LogP contribution in [-0.2, 0) is 6.42 Å². The Hall–Kier alpha value is -5.40. The van der Waals surface area contributed by atoms with Crippen LogP contribution in [0.3, 0.4) is 0 Å². The molecule has 1 aliphatic carbocycles. The maximum atomic E-state index is 2.50. The van der Waals surface area contributed by atoms with Crippen LogP contribution in [-0.4, -0.2) is 4.57 Å². The van der Waals surface area contributed by atoms with Gasteiger partial charge in [0.25, 0.3) is 0 Å². The monoisotopic (exact) mass is 547 g/mol. The summed E-state index contributed by atoms with van der Waals surface area (Å²) in [7, 11) is 0. The highest BCUT2D eigenvalue weighted by Crippen LogP contribution is 2.47. The van der Waals surface area contributed by atoms with Gasteiger partial charge in [-0.3, -0.25) is 0 Å². The Morgan fingerprint density at radius 2 is 1.05 bits per heavy atom. The van der Waals surface area contributed by atoms with Crippen LogP contribution in [0, 0.1) is 0 Å². The number of fused-ring (bicyclic) bond motifs is 7. The molecule has 0 saturated heterocycles. The van der Waals surface area contributed by atoms with E-state index in [1.807, 2.05) is 0 Å².